The fourth-order valence-corrected chi connectivity index (χ4v) is 4.15. The highest BCUT2D eigenvalue weighted by Crippen LogP contribution is 2.22. The van der Waals surface area contributed by atoms with E-state index in [0.29, 0.717) is 24.5 Å². The largest absolute Gasteiger partial charge is 0.491 e. The van der Waals surface area contributed by atoms with Crippen LogP contribution in [-0.4, -0.2) is 60.7 Å². The van der Waals surface area contributed by atoms with Crippen LogP contribution >= 0.6 is 0 Å². The average molecular weight is 423 g/mol. The van der Waals surface area contributed by atoms with Crippen molar-refractivity contribution < 1.29 is 18.7 Å². The molecule has 0 bridgehead atoms. The Bertz CT molecular complexity index is 919. The lowest BCUT2D eigenvalue weighted by molar-refractivity contribution is -0.155. The molecule has 1 atom stereocenters. The van der Waals surface area contributed by atoms with Gasteiger partial charge >= 0.3 is 0 Å². The number of rotatable bonds is 6. The summed E-state index contributed by atoms with van der Waals surface area (Å²) in [5.41, 5.74) is 1.86. The van der Waals surface area contributed by atoms with Gasteiger partial charge in [-0.05, 0) is 54.8 Å². The predicted molar refractivity (Wildman–Crippen MR) is 113 cm³/mol. The van der Waals surface area contributed by atoms with Crippen LogP contribution in [0.25, 0.3) is 0 Å². The summed E-state index contributed by atoms with van der Waals surface area (Å²) in [5.74, 6) is 0.316. The first kappa shape index (κ1) is 21.3. The highest BCUT2D eigenvalue weighted by atomic mass is 19.1. The van der Waals surface area contributed by atoms with E-state index in [4.69, 9.17) is 14.7 Å². The Morgan fingerprint density at radius 2 is 1.81 bits per heavy atom. The number of hydrogen-bond acceptors (Lipinski definition) is 5. The van der Waals surface area contributed by atoms with Gasteiger partial charge in [0.05, 0.1) is 18.2 Å². The minimum Gasteiger partial charge on any atom is -0.491 e. The summed E-state index contributed by atoms with van der Waals surface area (Å²) in [6.45, 7) is 3.61. The van der Waals surface area contributed by atoms with E-state index in [1.165, 1.54) is 17.7 Å². The number of halogens is 1. The van der Waals surface area contributed by atoms with E-state index in [9.17, 15) is 9.18 Å². The Hall–Kier alpha value is -2.95. The van der Waals surface area contributed by atoms with Crippen molar-refractivity contribution in [2.24, 2.45) is 0 Å². The van der Waals surface area contributed by atoms with Crippen molar-refractivity contribution in [2.45, 2.75) is 31.5 Å². The minimum atomic E-state index is -0.302. The van der Waals surface area contributed by atoms with E-state index in [-0.39, 0.29) is 30.5 Å². The van der Waals surface area contributed by atoms with Crippen LogP contribution in [0.2, 0.25) is 0 Å². The molecule has 1 unspecified atom stereocenters. The molecular formula is C24H26FN3O3. The second kappa shape index (κ2) is 9.90. The topological polar surface area (TPSA) is 65.8 Å². The summed E-state index contributed by atoms with van der Waals surface area (Å²) in [5, 5.41) is 8.92. The van der Waals surface area contributed by atoms with Crippen LogP contribution in [0.15, 0.2) is 48.5 Å². The van der Waals surface area contributed by atoms with E-state index >= 15 is 0 Å². The molecule has 0 radical (unpaired) electrons. The van der Waals surface area contributed by atoms with Gasteiger partial charge in [-0.15, -0.1) is 0 Å². The highest BCUT2D eigenvalue weighted by Gasteiger charge is 2.33. The quantitative estimate of drug-likeness (QED) is 0.715. The Kier molecular flexibility index (Phi) is 6.80. The van der Waals surface area contributed by atoms with Crippen LogP contribution in [-0.2, 0) is 16.1 Å². The molecule has 2 aliphatic heterocycles. The van der Waals surface area contributed by atoms with Crippen LogP contribution in [0.3, 0.4) is 0 Å². The maximum atomic E-state index is 13.0. The van der Waals surface area contributed by atoms with Crippen LogP contribution in [0.1, 0.15) is 24.0 Å². The summed E-state index contributed by atoms with van der Waals surface area (Å²) < 4.78 is 24.4. The number of benzene rings is 2. The molecule has 0 N–H and O–H groups in total. The number of amides is 1. The number of morpholine rings is 1. The van der Waals surface area contributed by atoms with Crippen molar-refractivity contribution in [1.29, 1.82) is 5.26 Å². The van der Waals surface area contributed by atoms with E-state index in [1.807, 2.05) is 29.2 Å². The van der Waals surface area contributed by atoms with Gasteiger partial charge in [-0.3, -0.25) is 9.69 Å². The van der Waals surface area contributed by atoms with Crippen molar-refractivity contribution in [3.05, 3.63) is 65.5 Å². The van der Waals surface area contributed by atoms with Crippen molar-refractivity contribution in [2.75, 3.05) is 32.8 Å². The molecule has 31 heavy (non-hydrogen) atoms. The van der Waals surface area contributed by atoms with Crippen molar-refractivity contribution in [3.63, 3.8) is 0 Å². The van der Waals surface area contributed by atoms with Gasteiger partial charge in [-0.2, -0.15) is 5.26 Å². The molecule has 4 rings (SSSR count). The summed E-state index contributed by atoms with van der Waals surface area (Å²) in [7, 11) is 0. The molecule has 0 aromatic heterocycles. The van der Waals surface area contributed by atoms with E-state index in [1.54, 1.807) is 12.1 Å². The Morgan fingerprint density at radius 1 is 1.10 bits per heavy atom. The fourth-order valence-electron chi connectivity index (χ4n) is 4.15. The summed E-state index contributed by atoms with van der Waals surface area (Å²) in [6.07, 6.45) is 1.65. The average Bonchev–Trinajstić information content (AvgIpc) is 2.81. The van der Waals surface area contributed by atoms with Gasteiger partial charge in [0.1, 0.15) is 30.9 Å². The fraction of sp³-hybridized carbons (Fsp3) is 0.417. The van der Waals surface area contributed by atoms with Gasteiger partial charge in [0.25, 0.3) is 0 Å². The third-order valence-corrected chi connectivity index (χ3v) is 5.90. The number of nitriles is 1. The molecule has 6 nitrogen and oxygen atoms in total. The lowest BCUT2D eigenvalue weighted by Crippen LogP contribution is -2.55. The van der Waals surface area contributed by atoms with E-state index < -0.39 is 0 Å². The number of piperidine rings is 1. The van der Waals surface area contributed by atoms with Gasteiger partial charge in [-0.1, -0.05) is 12.1 Å². The van der Waals surface area contributed by atoms with Crippen molar-refractivity contribution in [1.82, 2.24) is 9.80 Å². The van der Waals surface area contributed by atoms with Gasteiger partial charge in [0.15, 0.2) is 0 Å². The highest BCUT2D eigenvalue weighted by molar-refractivity contribution is 5.78. The zero-order valence-electron chi connectivity index (χ0n) is 17.4. The van der Waals surface area contributed by atoms with E-state index in [0.717, 1.165) is 32.5 Å². The van der Waals surface area contributed by atoms with Gasteiger partial charge in [-0.25, -0.2) is 4.39 Å². The second-order valence-corrected chi connectivity index (χ2v) is 8.06. The van der Waals surface area contributed by atoms with Crippen molar-refractivity contribution >= 4 is 5.91 Å². The molecule has 2 aromatic rings. The first-order valence-corrected chi connectivity index (χ1v) is 10.6. The van der Waals surface area contributed by atoms with Crippen LogP contribution in [0.5, 0.6) is 5.75 Å². The Balaban J connectivity index is 1.26. The zero-order valence-corrected chi connectivity index (χ0v) is 17.4. The smallest absolute Gasteiger partial charge is 0.248 e. The standard InChI is InChI=1S/C24H26FN3O3/c25-20-5-7-22(8-6-20)30-16-23-15-28(24(29)17-31-23)21-9-11-27(12-10-21)14-19-3-1-18(13-26)2-4-19/h1-8,21,23H,9-12,14-17H2. The first-order valence-electron chi connectivity index (χ1n) is 10.6. The summed E-state index contributed by atoms with van der Waals surface area (Å²) in [4.78, 5) is 16.8. The molecule has 2 heterocycles. The number of likely N-dealkylation sites (tertiary alicyclic amines) is 1. The van der Waals surface area contributed by atoms with E-state index in [2.05, 4.69) is 11.0 Å². The molecular weight excluding hydrogens is 397 g/mol. The first-order chi connectivity index (χ1) is 15.1. The van der Waals surface area contributed by atoms with Gasteiger partial charge in [0.2, 0.25) is 5.91 Å². The molecule has 2 aliphatic rings. The molecule has 2 fully saturated rings. The zero-order chi connectivity index (χ0) is 21.6. The number of ether oxygens (including phenoxy) is 2. The second-order valence-electron chi connectivity index (χ2n) is 8.06. The summed E-state index contributed by atoms with van der Waals surface area (Å²) >= 11 is 0. The van der Waals surface area contributed by atoms with Crippen LogP contribution in [0.4, 0.5) is 4.39 Å². The lowest BCUT2D eigenvalue weighted by Gasteiger charge is -2.42. The maximum absolute atomic E-state index is 13.0. The number of nitrogens with zero attached hydrogens (tertiary/aromatic N) is 3. The molecule has 1 amide bonds. The monoisotopic (exact) mass is 423 g/mol. The molecule has 2 saturated heterocycles. The SMILES string of the molecule is N#Cc1ccc(CN2CCC(N3CC(COc4ccc(F)cc4)OCC3=O)CC2)cc1. The van der Waals surface area contributed by atoms with Crippen LogP contribution in [0, 0.1) is 17.1 Å². The molecule has 0 aliphatic carbocycles. The Morgan fingerprint density at radius 3 is 2.48 bits per heavy atom. The number of carbonyl (C=O) groups excluding carboxylic acids is 1. The van der Waals surface area contributed by atoms with Gasteiger partial charge < -0.3 is 14.4 Å². The third-order valence-electron chi connectivity index (χ3n) is 5.90. The lowest BCUT2D eigenvalue weighted by atomic mass is 10.0. The minimum absolute atomic E-state index is 0.0311. The molecule has 7 heteroatoms. The molecule has 2 aromatic carbocycles. The maximum Gasteiger partial charge on any atom is 0.248 e. The normalized spacial score (nSPS) is 20.5. The molecule has 0 saturated carbocycles. The summed E-state index contributed by atoms with van der Waals surface area (Å²) in [6, 6.07) is 16.0. The van der Waals surface area contributed by atoms with Crippen molar-refractivity contribution in [3.8, 4) is 11.8 Å². The number of carbonyl (C=O) groups is 1. The molecule has 162 valence electrons. The predicted octanol–water partition coefficient (Wildman–Crippen LogP) is 2.97. The Labute approximate surface area is 181 Å². The van der Waals surface area contributed by atoms with Gasteiger partial charge in [0, 0.05) is 25.7 Å². The molecule has 0 spiro atoms. The van der Waals surface area contributed by atoms with Crippen LogP contribution < -0.4 is 4.74 Å². The number of hydrogen-bond donors (Lipinski definition) is 0. The third kappa shape index (κ3) is 5.60.